The molecule has 1 aromatic rings. The van der Waals surface area contributed by atoms with E-state index in [9.17, 15) is 0 Å². The summed E-state index contributed by atoms with van der Waals surface area (Å²) >= 11 is 5.81. The molecule has 17 heavy (non-hydrogen) atoms. The zero-order chi connectivity index (χ0) is 12.5. The van der Waals surface area contributed by atoms with Crippen molar-refractivity contribution in [1.82, 2.24) is 9.97 Å². The number of ether oxygens (including phenoxy) is 4. The fourth-order valence-corrected chi connectivity index (χ4v) is 1.26. The third-order valence-corrected chi connectivity index (χ3v) is 2.10. The maximum Gasteiger partial charge on any atom is 0.261 e. The van der Waals surface area contributed by atoms with Gasteiger partial charge in [0.25, 0.3) is 5.88 Å². The van der Waals surface area contributed by atoms with Gasteiger partial charge in [-0.2, -0.15) is 4.98 Å². The molecule has 0 saturated carbocycles. The van der Waals surface area contributed by atoms with Gasteiger partial charge in [-0.25, -0.2) is 4.98 Å². The van der Waals surface area contributed by atoms with E-state index >= 15 is 0 Å². The Kier molecular flexibility index (Phi) is 6.61. The number of nitrogens with zero attached hydrogens (tertiary/aromatic N) is 2. The predicted octanol–water partition coefficient (Wildman–Crippen LogP) is 1.18. The summed E-state index contributed by atoms with van der Waals surface area (Å²) in [6.07, 6.45) is 1.31. The van der Waals surface area contributed by atoms with Crippen LogP contribution in [0.25, 0.3) is 0 Å². The van der Waals surface area contributed by atoms with Gasteiger partial charge in [-0.15, -0.1) is 0 Å². The molecule has 6 nitrogen and oxygen atoms in total. The number of hydrogen-bond acceptors (Lipinski definition) is 6. The predicted molar refractivity (Wildman–Crippen MR) is 61.8 cm³/mol. The van der Waals surface area contributed by atoms with Gasteiger partial charge in [-0.1, -0.05) is 11.6 Å². The van der Waals surface area contributed by atoms with Crippen molar-refractivity contribution < 1.29 is 18.9 Å². The Morgan fingerprint density at radius 2 is 1.88 bits per heavy atom. The maximum absolute atomic E-state index is 5.81. The fourth-order valence-electron chi connectivity index (χ4n) is 1.05. The summed E-state index contributed by atoms with van der Waals surface area (Å²) in [7, 11) is 3.10. The van der Waals surface area contributed by atoms with Gasteiger partial charge < -0.3 is 18.9 Å². The lowest BCUT2D eigenvalue weighted by atomic mass is 10.5. The van der Waals surface area contributed by atoms with Gasteiger partial charge >= 0.3 is 0 Å². The van der Waals surface area contributed by atoms with E-state index in [0.29, 0.717) is 38.1 Å². The SMILES string of the molecule is COCCOCCOc1ncnc(Cl)c1OC. The van der Waals surface area contributed by atoms with Crippen molar-refractivity contribution in [2.75, 3.05) is 40.6 Å². The van der Waals surface area contributed by atoms with E-state index < -0.39 is 0 Å². The molecule has 0 aliphatic carbocycles. The smallest absolute Gasteiger partial charge is 0.261 e. The van der Waals surface area contributed by atoms with Crippen LogP contribution in [0.15, 0.2) is 6.33 Å². The molecule has 0 atom stereocenters. The molecule has 1 aromatic heterocycles. The zero-order valence-electron chi connectivity index (χ0n) is 9.81. The second-order valence-electron chi connectivity index (χ2n) is 2.96. The van der Waals surface area contributed by atoms with E-state index in [1.54, 1.807) is 7.11 Å². The number of rotatable bonds is 8. The Balaban J connectivity index is 2.33. The van der Waals surface area contributed by atoms with E-state index in [2.05, 4.69) is 9.97 Å². The van der Waals surface area contributed by atoms with Crippen LogP contribution in [-0.2, 0) is 9.47 Å². The number of hydrogen-bond donors (Lipinski definition) is 0. The van der Waals surface area contributed by atoms with E-state index in [1.807, 2.05) is 0 Å². The molecule has 0 aromatic carbocycles. The average Bonchev–Trinajstić information content (AvgIpc) is 2.34. The van der Waals surface area contributed by atoms with E-state index in [0.717, 1.165) is 0 Å². The summed E-state index contributed by atoms with van der Waals surface area (Å²) in [4.78, 5) is 7.70. The molecule has 7 heteroatoms. The van der Waals surface area contributed by atoms with Gasteiger partial charge in [0, 0.05) is 7.11 Å². The van der Waals surface area contributed by atoms with E-state index in [-0.39, 0.29) is 5.15 Å². The van der Waals surface area contributed by atoms with Crippen LogP contribution in [-0.4, -0.2) is 50.6 Å². The van der Waals surface area contributed by atoms with Crippen LogP contribution in [0.1, 0.15) is 0 Å². The van der Waals surface area contributed by atoms with Gasteiger partial charge in [0.15, 0.2) is 5.15 Å². The van der Waals surface area contributed by atoms with Crippen LogP contribution >= 0.6 is 11.6 Å². The Labute approximate surface area is 105 Å². The lowest BCUT2D eigenvalue weighted by Gasteiger charge is -2.09. The van der Waals surface area contributed by atoms with Crippen molar-refractivity contribution in [3.8, 4) is 11.6 Å². The lowest BCUT2D eigenvalue weighted by Crippen LogP contribution is -2.11. The molecule has 0 amide bonds. The molecule has 1 rings (SSSR count). The number of halogens is 1. The Morgan fingerprint density at radius 1 is 1.12 bits per heavy atom. The number of methoxy groups -OCH3 is 2. The van der Waals surface area contributed by atoms with Crippen molar-refractivity contribution in [3.63, 3.8) is 0 Å². The summed E-state index contributed by atoms with van der Waals surface area (Å²) in [6, 6.07) is 0. The molecular weight excluding hydrogens is 248 g/mol. The third-order valence-electron chi connectivity index (χ3n) is 1.83. The van der Waals surface area contributed by atoms with Crippen molar-refractivity contribution >= 4 is 11.6 Å². The highest BCUT2D eigenvalue weighted by Crippen LogP contribution is 2.30. The summed E-state index contributed by atoms with van der Waals surface area (Å²) in [5, 5.41) is 0.220. The summed E-state index contributed by atoms with van der Waals surface area (Å²) < 4.78 is 20.5. The molecule has 0 aliphatic heterocycles. The monoisotopic (exact) mass is 262 g/mol. The molecule has 1 heterocycles. The van der Waals surface area contributed by atoms with Gasteiger partial charge in [-0.3, -0.25) is 0 Å². The van der Waals surface area contributed by atoms with Crippen molar-refractivity contribution in [2.24, 2.45) is 0 Å². The molecule has 0 fully saturated rings. The standard InChI is InChI=1S/C10H15ClN2O4/c1-14-3-4-16-5-6-17-10-8(15-2)9(11)12-7-13-10/h7H,3-6H2,1-2H3. The van der Waals surface area contributed by atoms with Crippen molar-refractivity contribution in [1.29, 1.82) is 0 Å². The molecule has 0 unspecified atom stereocenters. The zero-order valence-corrected chi connectivity index (χ0v) is 10.6. The molecular formula is C10H15ClN2O4. The second-order valence-corrected chi connectivity index (χ2v) is 3.31. The fraction of sp³-hybridized carbons (Fsp3) is 0.600. The van der Waals surface area contributed by atoms with Crippen molar-refractivity contribution in [2.45, 2.75) is 0 Å². The highest BCUT2D eigenvalue weighted by atomic mass is 35.5. The number of aromatic nitrogens is 2. The normalized spacial score (nSPS) is 10.3. The third kappa shape index (κ3) is 4.72. The van der Waals surface area contributed by atoms with Gasteiger partial charge in [-0.05, 0) is 0 Å². The first-order valence-electron chi connectivity index (χ1n) is 5.03. The Bertz CT molecular complexity index is 338. The van der Waals surface area contributed by atoms with E-state index in [1.165, 1.54) is 13.4 Å². The minimum absolute atomic E-state index is 0.220. The Morgan fingerprint density at radius 3 is 2.59 bits per heavy atom. The highest BCUT2D eigenvalue weighted by Gasteiger charge is 2.11. The van der Waals surface area contributed by atoms with Gasteiger partial charge in [0.2, 0.25) is 5.75 Å². The molecule has 0 aliphatic rings. The van der Waals surface area contributed by atoms with Crippen LogP contribution in [0.5, 0.6) is 11.6 Å². The molecule has 0 N–H and O–H groups in total. The van der Waals surface area contributed by atoms with Gasteiger partial charge in [0.05, 0.1) is 26.9 Å². The quantitative estimate of drug-likeness (QED) is 0.518. The second kappa shape index (κ2) is 8.05. The minimum Gasteiger partial charge on any atom is -0.489 e. The molecule has 0 radical (unpaired) electrons. The van der Waals surface area contributed by atoms with Crippen molar-refractivity contribution in [3.05, 3.63) is 11.5 Å². The van der Waals surface area contributed by atoms with E-state index in [4.69, 9.17) is 30.5 Å². The van der Waals surface area contributed by atoms with Crippen LogP contribution in [0, 0.1) is 0 Å². The maximum atomic E-state index is 5.81. The largest absolute Gasteiger partial charge is 0.489 e. The Hall–Kier alpha value is -1.11. The topological polar surface area (TPSA) is 62.7 Å². The molecule has 96 valence electrons. The molecule has 0 bridgehead atoms. The van der Waals surface area contributed by atoms with Gasteiger partial charge in [0.1, 0.15) is 12.9 Å². The molecule has 0 saturated heterocycles. The average molecular weight is 263 g/mol. The summed E-state index contributed by atoms with van der Waals surface area (Å²) in [5.41, 5.74) is 0. The molecule has 0 spiro atoms. The van der Waals surface area contributed by atoms with Crippen LogP contribution in [0.3, 0.4) is 0 Å². The van der Waals surface area contributed by atoms with Crippen LogP contribution in [0.2, 0.25) is 5.15 Å². The highest BCUT2D eigenvalue weighted by molar-refractivity contribution is 6.31. The van der Waals surface area contributed by atoms with Crippen LogP contribution in [0.4, 0.5) is 0 Å². The summed E-state index contributed by atoms with van der Waals surface area (Å²) in [6.45, 7) is 1.88. The summed E-state index contributed by atoms with van der Waals surface area (Å²) in [5.74, 6) is 0.633. The lowest BCUT2D eigenvalue weighted by molar-refractivity contribution is 0.0531. The van der Waals surface area contributed by atoms with Crippen LogP contribution < -0.4 is 9.47 Å². The minimum atomic E-state index is 0.220. The first-order valence-corrected chi connectivity index (χ1v) is 5.41. The first-order chi connectivity index (χ1) is 8.29. The first kappa shape index (κ1) is 14.0.